The lowest BCUT2D eigenvalue weighted by atomic mass is 10.2. The topological polar surface area (TPSA) is 67.2 Å². The molecule has 0 aromatic heterocycles. The number of rotatable bonds is 4. The molecule has 1 aromatic carbocycles. The second kappa shape index (κ2) is 6.63. The summed E-state index contributed by atoms with van der Waals surface area (Å²) in [4.78, 5) is 11.4. The molecule has 0 unspecified atom stereocenters. The third-order valence-electron chi connectivity index (χ3n) is 1.99. The summed E-state index contributed by atoms with van der Waals surface area (Å²) in [6.45, 7) is 2.97. The summed E-state index contributed by atoms with van der Waals surface area (Å²) in [5.41, 5.74) is 7.21. The molecular weight excluding hydrogens is 202 g/mol. The van der Waals surface area contributed by atoms with Crippen LogP contribution >= 0.6 is 0 Å². The van der Waals surface area contributed by atoms with Crippen molar-refractivity contribution in [3.8, 4) is 0 Å². The number of aryl methyl sites for hydroxylation is 1. The largest absolute Gasteiger partial charge is 0.334 e. The van der Waals surface area contributed by atoms with E-state index in [1.807, 2.05) is 37.3 Å². The second-order valence-corrected chi connectivity index (χ2v) is 3.41. The molecule has 4 nitrogen and oxygen atoms in total. The number of amides is 2. The fourth-order valence-corrected chi connectivity index (χ4v) is 1.14. The van der Waals surface area contributed by atoms with Crippen LogP contribution in [0.3, 0.4) is 0 Å². The Morgan fingerprint density at radius 2 is 2.00 bits per heavy atom. The average Bonchev–Trinajstić information content (AvgIpc) is 2.28. The monoisotopic (exact) mass is 219 g/mol. The Balaban J connectivity index is 2.34. The van der Waals surface area contributed by atoms with E-state index < -0.39 is 0 Å². The smallest absolute Gasteiger partial charge is 0.319 e. The number of urea groups is 1. The van der Waals surface area contributed by atoms with Gasteiger partial charge in [0.05, 0.1) is 0 Å². The van der Waals surface area contributed by atoms with Crippen molar-refractivity contribution in [1.82, 2.24) is 5.32 Å². The second-order valence-electron chi connectivity index (χ2n) is 3.41. The first kappa shape index (κ1) is 12.3. The number of anilines is 1. The lowest BCUT2D eigenvalue weighted by Gasteiger charge is -2.05. The Hall–Kier alpha value is -1.81. The van der Waals surface area contributed by atoms with E-state index in [-0.39, 0.29) is 6.03 Å². The number of carbonyl (C=O) groups excluding carboxylic acids is 1. The molecule has 0 aliphatic carbocycles. The summed E-state index contributed by atoms with van der Waals surface area (Å²) in [7, 11) is 0. The fraction of sp³-hybridized carbons (Fsp3) is 0.250. The fourth-order valence-electron chi connectivity index (χ4n) is 1.14. The number of hydrogen-bond donors (Lipinski definition) is 3. The van der Waals surface area contributed by atoms with Gasteiger partial charge in [0.15, 0.2) is 0 Å². The van der Waals surface area contributed by atoms with E-state index in [2.05, 4.69) is 10.6 Å². The van der Waals surface area contributed by atoms with Gasteiger partial charge < -0.3 is 16.4 Å². The SMILES string of the molecule is Cc1ccc(NC(=O)NC/C=C/CN)cc1. The van der Waals surface area contributed by atoms with Gasteiger partial charge in [-0.05, 0) is 19.1 Å². The average molecular weight is 219 g/mol. The zero-order valence-electron chi connectivity index (χ0n) is 9.36. The summed E-state index contributed by atoms with van der Waals surface area (Å²) in [5.74, 6) is 0. The molecule has 16 heavy (non-hydrogen) atoms. The maximum Gasteiger partial charge on any atom is 0.319 e. The number of hydrogen-bond acceptors (Lipinski definition) is 2. The van der Waals surface area contributed by atoms with Crippen LogP contribution in [-0.4, -0.2) is 19.1 Å². The van der Waals surface area contributed by atoms with Crippen LogP contribution in [0.15, 0.2) is 36.4 Å². The quantitative estimate of drug-likeness (QED) is 0.674. The minimum atomic E-state index is -0.217. The van der Waals surface area contributed by atoms with Gasteiger partial charge in [-0.15, -0.1) is 0 Å². The highest BCUT2D eigenvalue weighted by Gasteiger charge is 1.98. The zero-order valence-corrected chi connectivity index (χ0v) is 9.36. The Morgan fingerprint density at radius 3 is 2.62 bits per heavy atom. The number of nitrogens with two attached hydrogens (primary N) is 1. The van der Waals surface area contributed by atoms with Gasteiger partial charge in [-0.3, -0.25) is 0 Å². The van der Waals surface area contributed by atoms with Crippen molar-refractivity contribution in [2.24, 2.45) is 5.73 Å². The van der Waals surface area contributed by atoms with Crippen LogP contribution in [0.5, 0.6) is 0 Å². The normalized spacial score (nSPS) is 10.4. The minimum absolute atomic E-state index is 0.217. The molecule has 1 aromatic rings. The molecule has 0 atom stereocenters. The van der Waals surface area contributed by atoms with Crippen LogP contribution in [0.4, 0.5) is 10.5 Å². The molecule has 2 amide bonds. The van der Waals surface area contributed by atoms with Crippen molar-refractivity contribution >= 4 is 11.7 Å². The maximum atomic E-state index is 11.4. The lowest BCUT2D eigenvalue weighted by Crippen LogP contribution is -2.28. The van der Waals surface area contributed by atoms with Crippen molar-refractivity contribution in [1.29, 1.82) is 0 Å². The molecule has 0 heterocycles. The highest BCUT2D eigenvalue weighted by molar-refractivity contribution is 5.89. The Morgan fingerprint density at radius 1 is 1.31 bits per heavy atom. The van der Waals surface area contributed by atoms with E-state index in [9.17, 15) is 4.79 Å². The molecular formula is C12H17N3O. The van der Waals surface area contributed by atoms with Crippen molar-refractivity contribution in [2.75, 3.05) is 18.4 Å². The van der Waals surface area contributed by atoms with E-state index in [1.54, 1.807) is 6.08 Å². The van der Waals surface area contributed by atoms with Crippen LogP contribution in [-0.2, 0) is 0 Å². The van der Waals surface area contributed by atoms with Crippen molar-refractivity contribution < 1.29 is 4.79 Å². The summed E-state index contributed by atoms with van der Waals surface area (Å²) >= 11 is 0. The Labute approximate surface area is 95.5 Å². The third kappa shape index (κ3) is 4.61. The molecule has 0 aliphatic rings. The van der Waals surface area contributed by atoms with Crippen LogP contribution < -0.4 is 16.4 Å². The number of carbonyl (C=O) groups is 1. The molecule has 0 radical (unpaired) electrons. The van der Waals surface area contributed by atoms with Gasteiger partial charge in [-0.25, -0.2) is 4.79 Å². The standard InChI is InChI=1S/C12H17N3O/c1-10-4-6-11(7-5-10)15-12(16)14-9-3-2-8-13/h2-7H,8-9,13H2,1H3,(H2,14,15,16)/b3-2+. The highest BCUT2D eigenvalue weighted by Crippen LogP contribution is 2.07. The van der Waals surface area contributed by atoms with Gasteiger partial charge in [0.25, 0.3) is 0 Å². The first-order valence-electron chi connectivity index (χ1n) is 5.19. The Bertz CT molecular complexity index is 357. The van der Waals surface area contributed by atoms with Gasteiger partial charge in [-0.2, -0.15) is 0 Å². The van der Waals surface area contributed by atoms with Gasteiger partial charge >= 0.3 is 6.03 Å². The minimum Gasteiger partial charge on any atom is -0.334 e. The lowest BCUT2D eigenvalue weighted by molar-refractivity contribution is 0.253. The number of benzene rings is 1. The number of nitrogens with one attached hydrogen (secondary N) is 2. The van der Waals surface area contributed by atoms with Crippen LogP contribution in [0.2, 0.25) is 0 Å². The van der Waals surface area contributed by atoms with Crippen molar-refractivity contribution in [2.45, 2.75) is 6.92 Å². The molecule has 0 aliphatic heterocycles. The highest BCUT2D eigenvalue weighted by atomic mass is 16.2. The summed E-state index contributed by atoms with van der Waals surface area (Å²) in [6, 6.07) is 7.41. The van der Waals surface area contributed by atoms with Crippen molar-refractivity contribution in [3.05, 3.63) is 42.0 Å². The molecule has 0 spiro atoms. The third-order valence-corrected chi connectivity index (χ3v) is 1.99. The molecule has 4 N–H and O–H groups in total. The van der Waals surface area contributed by atoms with Crippen molar-refractivity contribution in [3.63, 3.8) is 0 Å². The zero-order chi connectivity index (χ0) is 11.8. The van der Waals surface area contributed by atoms with Gasteiger partial charge in [0, 0.05) is 18.8 Å². The first-order valence-corrected chi connectivity index (χ1v) is 5.19. The molecule has 0 bridgehead atoms. The molecule has 4 heteroatoms. The van der Waals surface area contributed by atoms with E-state index in [1.165, 1.54) is 0 Å². The van der Waals surface area contributed by atoms with E-state index >= 15 is 0 Å². The molecule has 0 saturated carbocycles. The van der Waals surface area contributed by atoms with Gasteiger partial charge in [-0.1, -0.05) is 29.8 Å². The summed E-state index contributed by atoms with van der Waals surface area (Å²) in [5, 5.41) is 5.42. The predicted octanol–water partition coefficient (Wildman–Crippen LogP) is 1.63. The predicted molar refractivity (Wildman–Crippen MR) is 66.4 cm³/mol. The maximum absolute atomic E-state index is 11.4. The van der Waals surface area contributed by atoms with E-state index in [0.717, 1.165) is 11.3 Å². The van der Waals surface area contributed by atoms with Crippen LogP contribution in [0.1, 0.15) is 5.56 Å². The van der Waals surface area contributed by atoms with E-state index in [0.29, 0.717) is 13.1 Å². The molecule has 86 valence electrons. The Kier molecular flexibility index (Phi) is 5.08. The molecule has 0 fully saturated rings. The van der Waals surface area contributed by atoms with Crippen LogP contribution in [0, 0.1) is 6.92 Å². The molecule has 0 saturated heterocycles. The molecule has 1 rings (SSSR count). The van der Waals surface area contributed by atoms with Gasteiger partial charge in [0.2, 0.25) is 0 Å². The summed E-state index contributed by atoms with van der Waals surface area (Å²) < 4.78 is 0. The van der Waals surface area contributed by atoms with Gasteiger partial charge in [0.1, 0.15) is 0 Å². The first-order chi connectivity index (χ1) is 7.72. The van der Waals surface area contributed by atoms with Crippen LogP contribution in [0.25, 0.3) is 0 Å². The van der Waals surface area contributed by atoms with E-state index in [4.69, 9.17) is 5.73 Å². The summed E-state index contributed by atoms with van der Waals surface area (Å²) in [6.07, 6.45) is 3.61.